The van der Waals surface area contributed by atoms with Gasteiger partial charge in [-0.15, -0.1) is 11.3 Å². The molecule has 0 aromatic carbocycles. The Balaban J connectivity index is 1.77. The molecule has 0 aliphatic rings. The number of aryl methyl sites for hydroxylation is 1. The molecule has 0 amide bonds. The van der Waals surface area contributed by atoms with E-state index in [1.54, 1.807) is 17.9 Å². The molecule has 2 aromatic rings. The predicted molar refractivity (Wildman–Crippen MR) is 82.3 cm³/mol. The van der Waals surface area contributed by atoms with E-state index in [9.17, 15) is 13.2 Å². The van der Waals surface area contributed by atoms with Crippen molar-refractivity contribution < 1.29 is 13.2 Å². The summed E-state index contributed by atoms with van der Waals surface area (Å²) in [6, 6.07) is 0. The minimum absolute atomic E-state index is 0.182. The van der Waals surface area contributed by atoms with E-state index in [0.29, 0.717) is 24.1 Å². The second-order valence-corrected chi connectivity index (χ2v) is 5.70. The van der Waals surface area contributed by atoms with Crippen LogP contribution < -0.4 is 10.6 Å². The molecule has 0 aliphatic heterocycles. The lowest BCUT2D eigenvalue weighted by Gasteiger charge is -2.10. The van der Waals surface area contributed by atoms with E-state index in [1.165, 1.54) is 0 Å². The number of aromatic nitrogens is 3. The van der Waals surface area contributed by atoms with Crippen LogP contribution in [0.2, 0.25) is 0 Å². The molecule has 2 rings (SSSR count). The van der Waals surface area contributed by atoms with Crippen LogP contribution in [-0.4, -0.2) is 34.3 Å². The second-order valence-electron chi connectivity index (χ2n) is 4.76. The maximum Gasteiger partial charge on any atom is 0.434 e. The molecule has 0 atom stereocenters. The first-order chi connectivity index (χ1) is 10.9. The van der Waals surface area contributed by atoms with Crippen LogP contribution in [0.25, 0.3) is 0 Å². The fourth-order valence-electron chi connectivity index (χ4n) is 1.78. The van der Waals surface area contributed by atoms with Gasteiger partial charge in [-0.1, -0.05) is 0 Å². The number of rotatable bonds is 5. The highest BCUT2D eigenvalue weighted by atomic mass is 32.1. The van der Waals surface area contributed by atoms with Gasteiger partial charge in [0.1, 0.15) is 5.01 Å². The molecule has 2 aromatic heterocycles. The SMILES string of the molecule is CN=C(NCCn1cc(C)cn1)NCc1nc(C(F)(F)F)cs1. The quantitative estimate of drug-likeness (QED) is 0.642. The number of nitrogens with zero attached hydrogens (tertiary/aromatic N) is 4. The van der Waals surface area contributed by atoms with Gasteiger partial charge >= 0.3 is 6.18 Å². The maximum atomic E-state index is 12.5. The van der Waals surface area contributed by atoms with Gasteiger partial charge in [-0.3, -0.25) is 9.67 Å². The van der Waals surface area contributed by atoms with Gasteiger partial charge in [0.15, 0.2) is 11.7 Å². The molecule has 10 heteroatoms. The lowest BCUT2D eigenvalue weighted by atomic mass is 10.4. The summed E-state index contributed by atoms with van der Waals surface area (Å²) in [5, 5.41) is 11.5. The highest BCUT2D eigenvalue weighted by Crippen LogP contribution is 2.29. The van der Waals surface area contributed by atoms with E-state index < -0.39 is 11.9 Å². The summed E-state index contributed by atoms with van der Waals surface area (Å²) in [5.74, 6) is 0.498. The van der Waals surface area contributed by atoms with Crippen molar-refractivity contribution in [3.8, 4) is 0 Å². The Bertz CT molecular complexity index is 661. The van der Waals surface area contributed by atoms with Crippen molar-refractivity contribution in [1.29, 1.82) is 0 Å². The Morgan fingerprint density at radius 1 is 1.39 bits per heavy atom. The van der Waals surface area contributed by atoms with Crippen LogP contribution in [0.1, 0.15) is 16.3 Å². The van der Waals surface area contributed by atoms with Gasteiger partial charge in [0.2, 0.25) is 0 Å². The van der Waals surface area contributed by atoms with Gasteiger partial charge < -0.3 is 10.6 Å². The van der Waals surface area contributed by atoms with Crippen molar-refractivity contribution in [2.45, 2.75) is 26.2 Å². The average molecular weight is 346 g/mol. The van der Waals surface area contributed by atoms with E-state index in [0.717, 1.165) is 22.3 Å². The van der Waals surface area contributed by atoms with Gasteiger partial charge in [0.05, 0.1) is 19.3 Å². The summed E-state index contributed by atoms with van der Waals surface area (Å²) in [7, 11) is 1.59. The fraction of sp³-hybridized carbons (Fsp3) is 0.462. The Labute approximate surface area is 135 Å². The van der Waals surface area contributed by atoms with E-state index >= 15 is 0 Å². The standard InChI is InChI=1S/C13H17F3N6S/c1-9-5-20-22(7-9)4-3-18-12(17-2)19-6-11-21-10(8-23-11)13(14,15)16/h5,7-8H,3-4,6H2,1-2H3,(H2,17,18,19). The Hall–Kier alpha value is -2.10. The molecule has 2 heterocycles. The first kappa shape index (κ1) is 17.3. The van der Waals surface area contributed by atoms with Crippen LogP contribution in [0.4, 0.5) is 13.2 Å². The molecule has 0 fully saturated rings. The zero-order valence-electron chi connectivity index (χ0n) is 12.7. The van der Waals surface area contributed by atoms with Gasteiger partial charge in [-0.25, -0.2) is 4.98 Å². The van der Waals surface area contributed by atoms with Gasteiger partial charge in [-0.2, -0.15) is 18.3 Å². The lowest BCUT2D eigenvalue weighted by molar-refractivity contribution is -0.140. The van der Waals surface area contributed by atoms with Crippen LogP contribution in [0, 0.1) is 6.92 Å². The van der Waals surface area contributed by atoms with E-state index in [1.807, 2.05) is 13.1 Å². The molecule has 0 bridgehead atoms. The zero-order chi connectivity index (χ0) is 16.9. The average Bonchev–Trinajstić information content (AvgIpc) is 3.11. The Morgan fingerprint density at radius 3 is 2.74 bits per heavy atom. The van der Waals surface area contributed by atoms with E-state index in [4.69, 9.17) is 0 Å². The van der Waals surface area contributed by atoms with Crippen molar-refractivity contribution in [2.75, 3.05) is 13.6 Å². The summed E-state index contributed by atoms with van der Waals surface area (Å²) >= 11 is 0.962. The van der Waals surface area contributed by atoms with E-state index in [2.05, 4.69) is 25.7 Å². The molecule has 2 N–H and O–H groups in total. The number of guanidine groups is 1. The van der Waals surface area contributed by atoms with Crippen molar-refractivity contribution >= 4 is 17.3 Å². The minimum atomic E-state index is -4.41. The summed E-state index contributed by atoms with van der Waals surface area (Å²) in [4.78, 5) is 7.57. The molecule has 23 heavy (non-hydrogen) atoms. The molecular formula is C13H17F3N6S. The number of hydrogen-bond acceptors (Lipinski definition) is 4. The van der Waals surface area contributed by atoms with Crippen LogP contribution in [0.3, 0.4) is 0 Å². The largest absolute Gasteiger partial charge is 0.434 e. The van der Waals surface area contributed by atoms with Gasteiger partial charge in [-0.05, 0) is 12.5 Å². The van der Waals surface area contributed by atoms with Crippen LogP contribution in [-0.2, 0) is 19.3 Å². The third kappa shape index (κ3) is 5.23. The smallest absolute Gasteiger partial charge is 0.355 e. The zero-order valence-corrected chi connectivity index (χ0v) is 13.5. The Morgan fingerprint density at radius 2 is 2.17 bits per heavy atom. The molecule has 0 saturated heterocycles. The number of thiazole rings is 1. The summed E-state index contributed by atoms with van der Waals surface area (Å²) in [5.41, 5.74) is 0.216. The molecule has 0 saturated carbocycles. The van der Waals surface area contributed by atoms with Crippen molar-refractivity contribution in [2.24, 2.45) is 4.99 Å². The first-order valence-corrected chi connectivity index (χ1v) is 7.71. The topological polar surface area (TPSA) is 67.1 Å². The Kier molecular flexibility index (Phi) is 5.59. The normalized spacial score (nSPS) is 12.5. The predicted octanol–water partition coefficient (Wildman–Crippen LogP) is 2.03. The highest BCUT2D eigenvalue weighted by Gasteiger charge is 2.33. The minimum Gasteiger partial charge on any atom is -0.355 e. The first-order valence-electron chi connectivity index (χ1n) is 6.83. The number of aliphatic imine (C=N–C) groups is 1. The monoisotopic (exact) mass is 346 g/mol. The number of nitrogens with one attached hydrogen (secondary N) is 2. The van der Waals surface area contributed by atoms with Gasteiger partial charge in [0.25, 0.3) is 0 Å². The molecule has 0 unspecified atom stereocenters. The molecule has 6 nitrogen and oxygen atoms in total. The lowest BCUT2D eigenvalue weighted by Crippen LogP contribution is -2.38. The van der Waals surface area contributed by atoms with Crippen molar-refractivity contribution in [1.82, 2.24) is 25.4 Å². The van der Waals surface area contributed by atoms with Crippen LogP contribution >= 0.6 is 11.3 Å². The number of alkyl halides is 3. The fourth-order valence-corrected chi connectivity index (χ4v) is 2.52. The molecule has 0 spiro atoms. The second kappa shape index (κ2) is 7.44. The van der Waals surface area contributed by atoms with Crippen LogP contribution in [0.5, 0.6) is 0 Å². The van der Waals surface area contributed by atoms with E-state index in [-0.39, 0.29) is 6.54 Å². The third-order valence-electron chi connectivity index (χ3n) is 2.87. The van der Waals surface area contributed by atoms with Gasteiger partial charge in [0, 0.05) is 25.2 Å². The summed E-state index contributed by atoms with van der Waals surface area (Å²) < 4.78 is 39.2. The molecule has 126 valence electrons. The molecule has 0 radical (unpaired) electrons. The molecule has 0 aliphatic carbocycles. The number of halogens is 3. The van der Waals surface area contributed by atoms with Crippen LogP contribution in [0.15, 0.2) is 22.8 Å². The van der Waals surface area contributed by atoms with Crippen molar-refractivity contribution in [3.63, 3.8) is 0 Å². The maximum absolute atomic E-state index is 12.5. The molecular weight excluding hydrogens is 329 g/mol. The van der Waals surface area contributed by atoms with Crippen molar-refractivity contribution in [3.05, 3.63) is 34.0 Å². The summed E-state index contributed by atoms with van der Waals surface area (Å²) in [6.07, 6.45) is -0.712. The number of hydrogen-bond donors (Lipinski definition) is 2. The third-order valence-corrected chi connectivity index (χ3v) is 3.72. The highest BCUT2D eigenvalue weighted by molar-refractivity contribution is 7.09. The summed E-state index contributed by atoms with van der Waals surface area (Å²) in [6.45, 7) is 3.39.